The summed E-state index contributed by atoms with van der Waals surface area (Å²) in [6, 6.07) is 2.35. The molecule has 1 aliphatic heterocycles. The van der Waals surface area contributed by atoms with E-state index in [9.17, 15) is 0 Å². The van der Waals surface area contributed by atoms with Gasteiger partial charge in [0.05, 0.1) is 0 Å². The maximum absolute atomic E-state index is 5.84. The lowest BCUT2D eigenvalue weighted by molar-refractivity contribution is 0.180. The van der Waals surface area contributed by atoms with Crippen molar-refractivity contribution in [2.75, 3.05) is 30.7 Å². The zero-order valence-corrected chi connectivity index (χ0v) is 12.7. The lowest BCUT2D eigenvalue weighted by Gasteiger charge is -2.32. The maximum atomic E-state index is 5.84. The first kappa shape index (κ1) is 15.0. The average Bonchev–Trinajstić information content (AvgIpc) is 2.45. The first-order chi connectivity index (χ1) is 9.69. The number of hydrogen-bond donors (Lipinski definition) is 2. The third-order valence-electron chi connectivity index (χ3n) is 3.86. The summed E-state index contributed by atoms with van der Waals surface area (Å²) in [6.45, 7) is 7.74. The monoisotopic (exact) mass is 277 g/mol. The summed E-state index contributed by atoms with van der Waals surface area (Å²) in [7, 11) is 0. The zero-order valence-electron chi connectivity index (χ0n) is 12.7. The summed E-state index contributed by atoms with van der Waals surface area (Å²) in [4.78, 5) is 11.3. The van der Waals surface area contributed by atoms with Crippen molar-refractivity contribution in [1.82, 2.24) is 14.9 Å². The quantitative estimate of drug-likeness (QED) is 0.835. The fourth-order valence-corrected chi connectivity index (χ4v) is 2.68. The van der Waals surface area contributed by atoms with Crippen LogP contribution in [-0.4, -0.2) is 40.5 Å². The molecular weight excluding hydrogens is 250 g/mol. The van der Waals surface area contributed by atoms with Crippen molar-refractivity contribution in [3.05, 3.63) is 11.9 Å². The van der Waals surface area contributed by atoms with Crippen molar-refractivity contribution >= 4 is 11.6 Å². The lowest BCUT2D eigenvalue weighted by atomic mass is 10.1. The third kappa shape index (κ3) is 4.34. The number of aromatic nitrogens is 2. The highest BCUT2D eigenvalue weighted by atomic mass is 15.2. The molecule has 1 atom stereocenters. The first-order valence-corrected chi connectivity index (χ1v) is 7.80. The Hall–Kier alpha value is -1.36. The molecule has 5 heteroatoms. The van der Waals surface area contributed by atoms with Crippen LogP contribution >= 0.6 is 0 Å². The molecule has 2 heterocycles. The van der Waals surface area contributed by atoms with Crippen LogP contribution in [0.15, 0.2) is 6.07 Å². The molecule has 0 bridgehead atoms. The minimum Gasteiger partial charge on any atom is -0.384 e. The minimum atomic E-state index is 0.529. The van der Waals surface area contributed by atoms with Crippen molar-refractivity contribution in [2.24, 2.45) is 0 Å². The summed E-state index contributed by atoms with van der Waals surface area (Å²) in [5.74, 6) is 2.24. The van der Waals surface area contributed by atoms with E-state index < -0.39 is 0 Å². The molecule has 1 aromatic heterocycles. The number of anilines is 2. The second-order valence-electron chi connectivity index (χ2n) is 5.67. The van der Waals surface area contributed by atoms with Gasteiger partial charge in [-0.25, -0.2) is 9.97 Å². The zero-order chi connectivity index (χ0) is 14.4. The molecular formula is C15H27N5. The standard InChI is InChI=1S/C15H27N5/c1-3-7-14-18-13(16)10-15(19-14)17-11-12(2)20-8-5-4-6-9-20/h10,12H,3-9,11H2,1-2H3,(H3,16,17,18,19). The van der Waals surface area contributed by atoms with Crippen LogP contribution in [0.5, 0.6) is 0 Å². The molecule has 1 aliphatic rings. The van der Waals surface area contributed by atoms with Gasteiger partial charge in [0.25, 0.3) is 0 Å². The number of nitrogens with two attached hydrogens (primary N) is 1. The molecule has 0 aliphatic carbocycles. The molecule has 20 heavy (non-hydrogen) atoms. The van der Waals surface area contributed by atoms with Gasteiger partial charge in [0.15, 0.2) is 0 Å². The summed E-state index contributed by atoms with van der Waals surface area (Å²) >= 11 is 0. The van der Waals surface area contributed by atoms with Crippen LogP contribution in [0.3, 0.4) is 0 Å². The van der Waals surface area contributed by atoms with E-state index in [1.807, 2.05) is 6.07 Å². The predicted octanol–water partition coefficient (Wildman–Crippen LogP) is 2.30. The second kappa shape index (κ2) is 7.43. The Labute approximate surface area is 122 Å². The van der Waals surface area contributed by atoms with Crippen LogP contribution in [0, 0.1) is 0 Å². The van der Waals surface area contributed by atoms with Crippen molar-refractivity contribution < 1.29 is 0 Å². The SMILES string of the molecule is CCCc1nc(N)cc(NCC(C)N2CCCCC2)n1. The highest BCUT2D eigenvalue weighted by Gasteiger charge is 2.16. The Morgan fingerprint density at radius 2 is 2.05 bits per heavy atom. The number of rotatable bonds is 6. The molecule has 0 saturated carbocycles. The number of likely N-dealkylation sites (tertiary alicyclic amines) is 1. The van der Waals surface area contributed by atoms with E-state index in [0.29, 0.717) is 11.9 Å². The maximum Gasteiger partial charge on any atom is 0.133 e. The summed E-state index contributed by atoms with van der Waals surface area (Å²) in [6.07, 6.45) is 5.94. The summed E-state index contributed by atoms with van der Waals surface area (Å²) in [5.41, 5.74) is 5.84. The highest BCUT2D eigenvalue weighted by molar-refractivity contribution is 5.44. The molecule has 112 valence electrons. The molecule has 2 rings (SSSR count). The largest absolute Gasteiger partial charge is 0.384 e. The van der Waals surface area contributed by atoms with Crippen LogP contribution in [0.4, 0.5) is 11.6 Å². The molecule has 1 saturated heterocycles. The molecule has 0 aromatic carbocycles. The number of aryl methyl sites for hydroxylation is 1. The van der Waals surface area contributed by atoms with Gasteiger partial charge in [-0.15, -0.1) is 0 Å². The highest BCUT2D eigenvalue weighted by Crippen LogP contribution is 2.14. The molecule has 0 spiro atoms. The van der Waals surface area contributed by atoms with Gasteiger partial charge >= 0.3 is 0 Å². The molecule has 0 radical (unpaired) electrons. The smallest absolute Gasteiger partial charge is 0.133 e. The van der Waals surface area contributed by atoms with Crippen molar-refractivity contribution in [1.29, 1.82) is 0 Å². The Morgan fingerprint density at radius 3 is 2.75 bits per heavy atom. The van der Waals surface area contributed by atoms with E-state index in [4.69, 9.17) is 5.73 Å². The molecule has 3 N–H and O–H groups in total. The molecule has 1 aromatic rings. The van der Waals surface area contributed by atoms with Gasteiger partial charge < -0.3 is 11.1 Å². The van der Waals surface area contributed by atoms with Crippen molar-refractivity contribution in [3.63, 3.8) is 0 Å². The molecule has 5 nitrogen and oxygen atoms in total. The molecule has 0 amide bonds. The molecule has 1 fully saturated rings. The number of nitrogens with one attached hydrogen (secondary N) is 1. The Balaban J connectivity index is 1.89. The Morgan fingerprint density at radius 1 is 1.30 bits per heavy atom. The second-order valence-corrected chi connectivity index (χ2v) is 5.67. The van der Waals surface area contributed by atoms with Gasteiger partial charge in [0, 0.05) is 25.1 Å². The topological polar surface area (TPSA) is 67.1 Å². The normalized spacial score (nSPS) is 17.9. The van der Waals surface area contributed by atoms with Gasteiger partial charge in [-0.3, -0.25) is 4.90 Å². The van der Waals surface area contributed by atoms with Gasteiger partial charge in [0.1, 0.15) is 17.5 Å². The Bertz CT molecular complexity index is 415. The number of piperidine rings is 1. The van der Waals surface area contributed by atoms with E-state index >= 15 is 0 Å². The van der Waals surface area contributed by atoms with E-state index in [1.165, 1.54) is 32.4 Å². The van der Waals surface area contributed by atoms with Crippen molar-refractivity contribution in [2.45, 2.75) is 52.0 Å². The van der Waals surface area contributed by atoms with Gasteiger partial charge in [-0.05, 0) is 39.3 Å². The van der Waals surface area contributed by atoms with Crippen LogP contribution in [0.2, 0.25) is 0 Å². The van der Waals surface area contributed by atoms with Crippen LogP contribution < -0.4 is 11.1 Å². The predicted molar refractivity (Wildman–Crippen MR) is 83.8 cm³/mol. The average molecular weight is 277 g/mol. The fraction of sp³-hybridized carbons (Fsp3) is 0.733. The molecule has 1 unspecified atom stereocenters. The number of nitrogens with zero attached hydrogens (tertiary/aromatic N) is 3. The number of nitrogen functional groups attached to an aromatic ring is 1. The third-order valence-corrected chi connectivity index (χ3v) is 3.86. The lowest BCUT2D eigenvalue weighted by Crippen LogP contribution is -2.41. The van der Waals surface area contributed by atoms with Crippen molar-refractivity contribution in [3.8, 4) is 0 Å². The fourth-order valence-electron chi connectivity index (χ4n) is 2.68. The van der Waals surface area contributed by atoms with E-state index in [-0.39, 0.29) is 0 Å². The summed E-state index contributed by atoms with van der Waals surface area (Å²) in [5, 5.41) is 3.41. The van der Waals surface area contributed by atoms with Crippen LogP contribution in [-0.2, 0) is 6.42 Å². The van der Waals surface area contributed by atoms with Gasteiger partial charge in [-0.1, -0.05) is 13.3 Å². The summed E-state index contributed by atoms with van der Waals surface area (Å²) < 4.78 is 0. The minimum absolute atomic E-state index is 0.529. The van der Waals surface area contributed by atoms with Gasteiger partial charge in [-0.2, -0.15) is 0 Å². The first-order valence-electron chi connectivity index (χ1n) is 7.80. The Kier molecular flexibility index (Phi) is 5.59. The number of hydrogen-bond acceptors (Lipinski definition) is 5. The van der Waals surface area contributed by atoms with Gasteiger partial charge in [0.2, 0.25) is 0 Å². The van der Waals surface area contributed by atoms with E-state index in [2.05, 4.69) is 34.0 Å². The van der Waals surface area contributed by atoms with E-state index in [1.54, 1.807) is 0 Å². The van der Waals surface area contributed by atoms with Crippen LogP contribution in [0.25, 0.3) is 0 Å². The van der Waals surface area contributed by atoms with Crippen LogP contribution in [0.1, 0.15) is 45.4 Å². The van der Waals surface area contributed by atoms with E-state index in [0.717, 1.165) is 31.0 Å².